The van der Waals surface area contributed by atoms with E-state index in [-0.39, 0.29) is 24.4 Å². The van der Waals surface area contributed by atoms with Crippen LogP contribution in [0.25, 0.3) is 0 Å². The molecule has 0 bridgehead atoms. The van der Waals surface area contributed by atoms with Gasteiger partial charge >= 0.3 is 12.1 Å². The molecule has 0 aliphatic carbocycles. The van der Waals surface area contributed by atoms with Crippen molar-refractivity contribution in [2.24, 2.45) is 11.8 Å². The van der Waals surface area contributed by atoms with Gasteiger partial charge in [-0.2, -0.15) is 0 Å². The Balaban J connectivity index is 2.12. The molecule has 0 aromatic heterocycles. The van der Waals surface area contributed by atoms with E-state index in [0.717, 1.165) is 62.1 Å². The number of piperidine rings is 1. The fourth-order valence-corrected chi connectivity index (χ4v) is 4.85. The molecule has 0 spiro atoms. The lowest BCUT2D eigenvalue weighted by Gasteiger charge is -2.32. The number of aliphatic hydroxyl groups excluding tert-OH is 1. The van der Waals surface area contributed by atoms with Crippen molar-refractivity contribution in [3.05, 3.63) is 29.3 Å². The van der Waals surface area contributed by atoms with Gasteiger partial charge in [0.15, 0.2) is 0 Å². The average molecular weight is 564 g/mol. The summed E-state index contributed by atoms with van der Waals surface area (Å²) in [7, 11) is 1.68. The first kappa shape index (κ1) is 33.7. The minimum absolute atomic E-state index is 0.0462. The first-order chi connectivity index (χ1) is 18.9. The predicted molar refractivity (Wildman–Crippen MR) is 158 cm³/mol. The highest BCUT2D eigenvalue weighted by atomic mass is 16.6. The van der Waals surface area contributed by atoms with Gasteiger partial charge in [0, 0.05) is 39.8 Å². The number of hydrogen-bond acceptors (Lipinski definition) is 6. The Morgan fingerprint density at radius 2 is 1.80 bits per heavy atom. The van der Waals surface area contributed by atoms with Crippen LogP contribution in [-0.2, 0) is 15.9 Å². The van der Waals surface area contributed by atoms with Crippen LogP contribution >= 0.6 is 0 Å². The highest BCUT2D eigenvalue weighted by Gasteiger charge is 2.29. The molecule has 1 unspecified atom stereocenters. The van der Waals surface area contributed by atoms with E-state index in [2.05, 4.69) is 42.7 Å². The van der Waals surface area contributed by atoms with E-state index in [9.17, 15) is 14.7 Å². The maximum absolute atomic E-state index is 12.7. The van der Waals surface area contributed by atoms with E-state index in [1.165, 1.54) is 0 Å². The van der Waals surface area contributed by atoms with Gasteiger partial charge in [0.1, 0.15) is 11.4 Å². The van der Waals surface area contributed by atoms with E-state index in [0.29, 0.717) is 19.6 Å². The van der Waals surface area contributed by atoms with Crippen molar-refractivity contribution in [1.29, 1.82) is 0 Å². The molecule has 9 nitrogen and oxygen atoms in total. The Labute approximate surface area is 241 Å². The van der Waals surface area contributed by atoms with Crippen LogP contribution in [0.1, 0.15) is 77.8 Å². The average Bonchev–Trinajstić information content (AvgIpc) is 2.89. The zero-order chi connectivity index (χ0) is 29.7. The van der Waals surface area contributed by atoms with Crippen molar-refractivity contribution in [1.82, 2.24) is 15.5 Å². The fourth-order valence-electron chi connectivity index (χ4n) is 4.85. The van der Waals surface area contributed by atoms with E-state index in [1.54, 1.807) is 32.8 Å². The Kier molecular flexibility index (Phi) is 14.0. The summed E-state index contributed by atoms with van der Waals surface area (Å²) in [5.74, 6) is 1.29. The summed E-state index contributed by atoms with van der Waals surface area (Å²) in [6, 6.07) is 5.49. The molecule has 3 atom stereocenters. The number of ether oxygens (including phenoxy) is 3. The lowest BCUT2D eigenvalue weighted by Crippen LogP contribution is -2.52. The molecule has 3 amide bonds. The number of aliphatic hydroxyl groups is 1. The monoisotopic (exact) mass is 563 g/mol. The number of likely N-dealkylation sites (tertiary alicyclic amines) is 1. The number of aryl methyl sites for hydroxylation is 1. The van der Waals surface area contributed by atoms with Crippen LogP contribution in [0, 0.1) is 18.8 Å². The summed E-state index contributed by atoms with van der Waals surface area (Å²) >= 11 is 0. The molecule has 1 aromatic carbocycles. The molecule has 228 valence electrons. The Morgan fingerprint density at radius 1 is 1.10 bits per heavy atom. The number of carbonyl (C=O) groups excluding carboxylic acids is 2. The number of nitrogens with one attached hydrogen (secondary N) is 2. The van der Waals surface area contributed by atoms with E-state index < -0.39 is 23.8 Å². The molecule has 0 saturated carbocycles. The second kappa shape index (κ2) is 16.7. The van der Waals surface area contributed by atoms with E-state index in [4.69, 9.17) is 14.2 Å². The van der Waals surface area contributed by atoms with Gasteiger partial charge in [-0.15, -0.1) is 0 Å². The third-order valence-electron chi connectivity index (χ3n) is 7.27. The zero-order valence-electron chi connectivity index (χ0n) is 25.8. The second-order valence-corrected chi connectivity index (χ2v) is 12.3. The molecular weight excluding hydrogens is 510 g/mol. The molecule has 40 heavy (non-hydrogen) atoms. The van der Waals surface area contributed by atoms with Gasteiger partial charge in [-0.1, -0.05) is 26.0 Å². The summed E-state index contributed by atoms with van der Waals surface area (Å²) in [4.78, 5) is 27.2. The second-order valence-electron chi connectivity index (χ2n) is 12.3. The summed E-state index contributed by atoms with van der Waals surface area (Å²) in [5, 5.41) is 17.0. The number of benzene rings is 1. The standard InChI is InChI=1S/C31H53N3O6/c1-22(2)25(18-24-13-12-23(3)28(19-24)39-17-11-16-38-7)20-26(33-30(37)40-31(4,5)6)27(35)21-32-29(36)34-14-9-8-10-15-34/h12-13,19,22,25-27,35H,8-11,14-18,20-21H2,1-7H3,(H,32,36)(H,33,37)/t25-,26-,27?/m0/s1. The highest BCUT2D eigenvalue weighted by Crippen LogP contribution is 2.27. The van der Waals surface area contributed by atoms with Crippen molar-refractivity contribution < 1.29 is 28.9 Å². The number of nitrogens with zero attached hydrogens (tertiary/aromatic N) is 1. The molecule has 1 heterocycles. The number of urea groups is 1. The normalized spacial score (nSPS) is 16.3. The third kappa shape index (κ3) is 12.3. The number of hydrogen-bond donors (Lipinski definition) is 3. The van der Waals surface area contributed by atoms with Crippen LogP contribution in [-0.4, -0.2) is 79.8 Å². The summed E-state index contributed by atoms with van der Waals surface area (Å²) in [6.07, 6.45) is 3.67. The molecule has 1 aromatic rings. The molecule has 1 aliphatic heterocycles. The van der Waals surface area contributed by atoms with Crippen molar-refractivity contribution in [3.8, 4) is 5.75 Å². The third-order valence-corrected chi connectivity index (χ3v) is 7.27. The first-order valence-electron chi connectivity index (χ1n) is 14.8. The minimum atomic E-state index is -0.972. The van der Waals surface area contributed by atoms with Crippen LogP contribution in [0.3, 0.4) is 0 Å². The molecule has 0 radical (unpaired) electrons. The molecule has 3 N–H and O–H groups in total. The van der Waals surface area contributed by atoms with E-state index in [1.807, 2.05) is 6.92 Å². The molecule has 1 saturated heterocycles. The van der Waals surface area contributed by atoms with Crippen LogP contribution in [0.5, 0.6) is 5.75 Å². The SMILES string of the molecule is COCCCOc1cc(C[C@@H](C[C@H](NC(=O)OC(C)(C)C)C(O)CNC(=O)N2CCCCC2)C(C)C)ccc1C. The molecule has 1 fully saturated rings. The lowest BCUT2D eigenvalue weighted by molar-refractivity contribution is 0.0392. The van der Waals surface area contributed by atoms with Crippen molar-refractivity contribution in [2.45, 2.75) is 97.8 Å². The molecule has 9 heteroatoms. The highest BCUT2D eigenvalue weighted by molar-refractivity contribution is 5.74. The van der Waals surface area contributed by atoms with Crippen LogP contribution in [0.15, 0.2) is 18.2 Å². The summed E-state index contributed by atoms with van der Waals surface area (Å²) < 4.78 is 16.6. The summed E-state index contributed by atoms with van der Waals surface area (Å²) in [5.41, 5.74) is 1.54. The van der Waals surface area contributed by atoms with Gasteiger partial charge in [-0.25, -0.2) is 9.59 Å². The van der Waals surface area contributed by atoms with Gasteiger partial charge in [-0.05, 0) is 88.8 Å². The van der Waals surface area contributed by atoms with Crippen LogP contribution in [0.2, 0.25) is 0 Å². The minimum Gasteiger partial charge on any atom is -0.493 e. The maximum Gasteiger partial charge on any atom is 0.407 e. The number of carbonyl (C=O) groups is 2. The van der Waals surface area contributed by atoms with Gasteiger partial charge in [0.2, 0.25) is 0 Å². The number of amides is 3. The van der Waals surface area contributed by atoms with Gasteiger partial charge in [0.05, 0.1) is 18.8 Å². The van der Waals surface area contributed by atoms with Crippen LogP contribution in [0.4, 0.5) is 9.59 Å². The lowest BCUT2D eigenvalue weighted by atomic mass is 9.82. The zero-order valence-corrected chi connectivity index (χ0v) is 25.8. The van der Waals surface area contributed by atoms with Crippen molar-refractivity contribution in [3.63, 3.8) is 0 Å². The topological polar surface area (TPSA) is 109 Å². The summed E-state index contributed by atoms with van der Waals surface area (Å²) in [6.45, 7) is 14.5. The number of methoxy groups -OCH3 is 1. The Morgan fingerprint density at radius 3 is 2.42 bits per heavy atom. The van der Waals surface area contributed by atoms with Gasteiger partial charge < -0.3 is 34.9 Å². The predicted octanol–water partition coefficient (Wildman–Crippen LogP) is 5.06. The smallest absolute Gasteiger partial charge is 0.407 e. The maximum atomic E-state index is 12.7. The fraction of sp³-hybridized carbons (Fsp3) is 0.742. The Bertz CT molecular complexity index is 911. The molecule has 2 rings (SSSR count). The molecular formula is C31H53N3O6. The number of alkyl carbamates (subject to hydrolysis) is 1. The van der Waals surface area contributed by atoms with Crippen LogP contribution < -0.4 is 15.4 Å². The largest absolute Gasteiger partial charge is 0.493 e. The van der Waals surface area contributed by atoms with Crippen molar-refractivity contribution in [2.75, 3.05) is 40.0 Å². The molecule has 1 aliphatic rings. The Hall–Kier alpha value is -2.52. The first-order valence-corrected chi connectivity index (χ1v) is 14.8. The number of rotatable bonds is 14. The van der Waals surface area contributed by atoms with Gasteiger partial charge in [0.25, 0.3) is 0 Å². The van der Waals surface area contributed by atoms with Gasteiger partial charge in [-0.3, -0.25) is 0 Å². The van der Waals surface area contributed by atoms with Crippen molar-refractivity contribution >= 4 is 12.1 Å². The van der Waals surface area contributed by atoms with E-state index >= 15 is 0 Å². The quantitative estimate of drug-likeness (QED) is 0.273.